The Hall–Kier alpha value is -3.50. The highest BCUT2D eigenvalue weighted by molar-refractivity contribution is 7.80. The first kappa shape index (κ1) is 25.1. The van der Waals surface area contributed by atoms with Crippen LogP contribution in [0.3, 0.4) is 0 Å². The molecule has 1 atom stereocenters. The molecular formula is C24H27N3O6S. The van der Waals surface area contributed by atoms with E-state index in [1.807, 2.05) is 30.3 Å². The van der Waals surface area contributed by atoms with Crippen molar-refractivity contribution < 1.29 is 28.6 Å². The smallest absolute Gasteiger partial charge is 0.308 e. The zero-order valence-corrected chi connectivity index (χ0v) is 19.6. The molecule has 1 fully saturated rings. The number of rotatable bonds is 9. The number of hydrogen-bond acceptors (Lipinski definition) is 7. The van der Waals surface area contributed by atoms with Gasteiger partial charge >= 0.3 is 5.97 Å². The average molecular weight is 486 g/mol. The lowest BCUT2D eigenvalue weighted by Gasteiger charge is -2.36. The monoisotopic (exact) mass is 485 g/mol. The molecule has 1 saturated heterocycles. The van der Waals surface area contributed by atoms with Crippen molar-refractivity contribution >= 4 is 35.1 Å². The number of carbonyl (C=O) groups excluding carboxylic acids is 3. The van der Waals surface area contributed by atoms with Gasteiger partial charge in [0.05, 0.1) is 18.6 Å². The first-order chi connectivity index (χ1) is 16.5. The molecule has 1 heterocycles. The minimum atomic E-state index is -0.891. The highest BCUT2D eigenvalue weighted by Crippen LogP contribution is 2.18. The van der Waals surface area contributed by atoms with E-state index in [-0.39, 0.29) is 30.7 Å². The van der Waals surface area contributed by atoms with Gasteiger partial charge in [0.2, 0.25) is 5.91 Å². The summed E-state index contributed by atoms with van der Waals surface area (Å²) in [5.74, 6) is -0.989. The van der Waals surface area contributed by atoms with Crippen LogP contribution in [-0.4, -0.2) is 67.3 Å². The fourth-order valence-electron chi connectivity index (χ4n) is 3.37. The summed E-state index contributed by atoms with van der Waals surface area (Å²) >= 11 is 5.42. The van der Waals surface area contributed by atoms with Crippen LogP contribution in [0.25, 0.3) is 0 Å². The Morgan fingerprint density at radius 1 is 1.12 bits per heavy atom. The van der Waals surface area contributed by atoms with Gasteiger partial charge in [0.1, 0.15) is 25.0 Å². The van der Waals surface area contributed by atoms with E-state index in [0.29, 0.717) is 31.0 Å². The molecule has 0 bridgehead atoms. The van der Waals surface area contributed by atoms with Gasteiger partial charge in [0.25, 0.3) is 5.91 Å². The number of nitrogens with one attached hydrogen (secondary N) is 2. The maximum Gasteiger partial charge on any atom is 0.308 e. The lowest BCUT2D eigenvalue weighted by atomic mass is 10.1. The molecule has 2 aromatic carbocycles. The summed E-state index contributed by atoms with van der Waals surface area (Å²) in [4.78, 5) is 39.4. The van der Waals surface area contributed by atoms with Crippen molar-refractivity contribution in [1.82, 2.24) is 15.5 Å². The molecule has 1 aliphatic heterocycles. The number of benzene rings is 2. The van der Waals surface area contributed by atoms with Crippen LogP contribution >= 0.6 is 12.2 Å². The minimum Gasteiger partial charge on any atom is -0.490 e. The molecule has 0 aliphatic carbocycles. The second-order valence-corrected chi connectivity index (χ2v) is 7.83. The third-order valence-electron chi connectivity index (χ3n) is 5.09. The maximum atomic E-state index is 12.9. The number of carbonyl (C=O) groups is 3. The third kappa shape index (κ3) is 7.00. The van der Waals surface area contributed by atoms with E-state index in [1.54, 1.807) is 31.4 Å². The summed E-state index contributed by atoms with van der Waals surface area (Å²) < 4.78 is 15.9. The van der Waals surface area contributed by atoms with Crippen molar-refractivity contribution in [2.24, 2.45) is 0 Å². The van der Waals surface area contributed by atoms with Gasteiger partial charge in [-0.2, -0.15) is 0 Å². The van der Waals surface area contributed by atoms with Gasteiger partial charge in [-0.1, -0.05) is 42.5 Å². The molecule has 2 amide bonds. The van der Waals surface area contributed by atoms with E-state index in [9.17, 15) is 14.4 Å². The van der Waals surface area contributed by atoms with Crippen molar-refractivity contribution in [3.63, 3.8) is 0 Å². The van der Waals surface area contributed by atoms with Crippen molar-refractivity contribution in [1.29, 1.82) is 0 Å². The van der Waals surface area contributed by atoms with Crippen LogP contribution in [0.1, 0.15) is 22.3 Å². The van der Waals surface area contributed by atoms with Crippen LogP contribution in [0, 0.1) is 0 Å². The van der Waals surface area contributed by atoms with Crippen molar-refractivity contribution in [2.45, 2.75) is 19.1 Å². The molecule has 0 radical (unpaired) electrons. The Labute approximate surface area is 203 Å². The summed E-state index contributed by atoms with van der Waals surface area (Å²) in [5, 5.41) is 5.43. The zero-order chi connectivity index (χ0) is 24.3. The number of esters is 1. The van der Waals surface area contributed by atoms with Gasteiger partial charge in [0.15, 0.2) is 5.11 Å². The van der Waals surface area contributed by atoms with Crippen LogP contribution < -0.4 is 15.4 Å². The van der Waals surface area contributed by atoms with Crippen LogP contribution in [0.4, 0.5) is 0 Å². The Kier molecular flexibility index (Phi) is 9.36. The fourth-order valence-corrected chi connectivity index (χ4v) is 3.68. The molecule has 1 unspecified atom stereocenters. The third-order valence-corrected chi connectivity index (χ3v) is 5.43. The number of nitrogens with zero attached hydrogens (tertiary/aromatic N) is 1. The Morgan fingerprint density at radius 2 is 1.85 bits per heavy atom. The molecule has 9 nitrogen and oxygen atoms in total. The maximum absolute atomic E-state index is 12.9. The topological polar surface area (TPSA) is 106 Å². The predicted octanol–water partition coefficient (Wildman–Crippen LogP) is 1.66. The van der Waals surface area contributed by atoms with Crippen LogP contribution in [0.2, 0.25) is 0 Å². The zero-order valence-electron chi connectivity index (χ0n) is 18.8. The van der Waals surface area contributed by atoms with E-state index in [4.69, 9.17) is 26.4 Å². The van der Waals surface area contributed by atoms with Crippen molar-refractivity contribution in [2.75, 3.05) is 33.4 Å². The number of amides is 2. The standard InChI is InChI=1S/C24H27N3O6S/c1-31-13-14-32-20-10-6-5-9-18(20)22(29)26-24(34)27-12-11-25-23(30)19(27)15-21(28)33-16-17-7-3-2-4-8-17/h2-10,19H,11-16H2,1H3,(H,25,30)(H,26,29,34). The fraction of sp³-hybridized carbons (Fsp3) is 0.333. The molecule has 180 valence electrons. The van der Waals surface area contributed by atoms with E-state index in [0.717, 1.165) is 5.56 Å². The Balaban J connectivity index is 1.62. The van der Waals surface area contributed by atoms with E-state index in [2.05, 4.69) is 10.6 Å². The summed E-state index contributed by atoms with van der Waals surface area (Å²) in [6, 6.07) is 15.1. The first-order valence-corrected chi connectivity index (χ1v) is 11.2. The van der Waals surface area contributed by atoms with Gasteiger partial charge in [0, 0.05) is 20.2 Å². The van der Waals surface area contributed by atoms with Crippen molar-refractivity contribution in [3.05, 3.63) is 65.7 Å². The lowest BCUT2D eigenvalue weighted by molar-refractivity contribution is -0.148. The van der Waals surface area contributed by atoms with Gasteiger partial charge in [-0.3, -0.25) is 19.7 Å². The summed E-state index contributed by atoms with van der Waals surface area (Å²) in [6.45, 7) is 1.44. The van der Waals surface area contributed by atoms with E-state index >= 15 is 0 Å². The number of para-hydroxylation sites is 1. The quantitative estimate of drug-likeness (QED) is 0.314. The lowest BCUT2D eigenvalue weighted by Crippen LogP contribution is -2.60. The van der Waals surface area contributed by atoms with Crippen LogP contribution in [-0.2, 0) is 25.7 Å². The van der Waals surface area contributed by atoms with Crippen LogP contribution in [0.5, 0.6) is 5.75 Å². The SMILES string of the molecule is COCCOc1ccccc1C(=O)NC(=S)N1CCNC(=O)C1CC(=O)OCc1ccccc1. The van der Waals surface area contributed by atoms with Gasteiger partial charge in [-0.25, -0.2) is 0 Å². The first-order valence-electron chi connectivity index (χ1n) is 10.8. The van der Waals surface area contributed by atoms with Gasteiger partial charge in [-0.15, -0.1) is 0 Å². The summed E-state index contributed by atoms with van der Waals surface area (Å²) in [6.07, 6.45) is -0.203. The van der Waals surface area contributed by atoms with Crippen LogP contribution in [0.15, 0.2) is 54.6 Å². The number of thiocarbonyl (C=S) groups is 1. The molecule has 1 aliphatic rings. The number of hydrogen-bond donors (Lipinski definition) is 2. The second-order valence-electron chi connectivity index (χ2n) is 7.45. The van der Waals surface area contributed by atoms with Crippen molar-refractivity contribution in [3.8, 4) is 5.75 Å². The highest BCUT2D eigenvalue weighted by atomic mass is 32.1. The molecular weight excluding hydrogens is 458 g/mol. The molecule has 0 spiro atoms. The Bertz CT molecular complexity index is 1020. The molecule has 0 saturated carbocycles. The summed E-state index contributed by atoms with van der Waals surface area (Å²) in [7, 11) is 1.56. The molecule has 34 heavy (non-hydrogen) atoms. The highest BCUT2D eigenvalue weighted by Gasteiger charge is 2.34. The normalized spacial score (nSPS) is 15.3. The van der Waals surface area contributed by atoms with E-state index < -0.39 is 17.9 Å². The second kappa shape index (κ2) is 12.7. The summed E-state index contributed by atoms with van der Waals surface area (Å²) in [5.41, 5.74) is 1.14. The molecule has 3 rings (SSSR count). The predicted molar refractivity (Wildman–Crippen MR) is 128 cm³/mol. The average Bonchev–Trinajstić information content (AvgIpc) is 2.85. The van der Waals surface area contributed by atoms with E-state index in [1.165, 1.54) is 4.90 Å². The number of methoxy groups -OCH3 is 1. The van der Waals surface area contributed by atoms with Gasteiger partial charge < -0.3 is 24.4 Å². The molecule has 2 N–H and O–H groups in total. The van der Waals surface area contributed by atoms with Gasteiger partial charge in [-0.05, 0) is 29.9 Å². The molecule has 0 aromatic heterocycles. The molecule has 10 heteroatoms. The number of piperazine rings is 1. The Morgan fingerprint density at radius 3 is 2.62 bits per heavy atom. The molecule has 2 aromatic rings. The number of ether oxygens (including phenoxy) is 3. The minimum absolute atomic E-state index is 0.0485. The largest absolute Gasteiger partial charge is 0.490 e.